The zero-order chi connectivity index (χ0) is 14.9. The van der Waals surface area contributed by atoms with Crippen molar-refractivity contribution in [2.45, 2.75) is 32.6 Å². The molecule has 1 heterocycles. The maximum Gasteiger partial charge on any atom is 0.238 e. The number of hydrogen-bond acceptors (Lipinski definition) is 1. The normalized spacial score (nSPS) is 21.8. The van der Waals surface area contributed by atoms with Crippen LogP contribution < -0.4 is 4.90 Å². The summed E-state index contributed by atoms with van der Waals surface area (Å²) in [5.74, 6) is 3.28. The van der Waals surface area contributed by atoms with Gasteiger partial charge in [-0.2, -0.15) is 0 Å². The highest BCUT2D eigenvalue weighted by molar-refractivity contribution is 6.83. The number of carbonyl (C=O) groups is 1. The van der Waals surface area contributed by atoms with E-state index in [-0.39, 0.29) is 17.9 Å². The highest BCUT2D eigenvalue weighted by Crippen LogP contribution is 2.35. The van der Waals surface area contributed by atoms with E-state index in [2.05, 4.69) is 37.7 Å². The summed E-state index contributed by atoms with van der Waals surface area (Å²) in [5, 5.41) is 0. The molecule has 2 atom stereocenters. The van der Waals surface area contributed by atoms with E-state index in [9.17, 15) is 4.79 Å². The molecule has 2 rings (SSSR count). The maximum atomic E-state index is 12.3. The Morgan fingerprint density at radius 3 is 2.35 bits per heavy atom. The number of β-lactam (4-membered cyclic amide) rings is 1. The van der Waals surface area contributed by atoms with Crippen molar-refractivity contribution >= 4 is 19.7 Å². The summed E-state index contributed by atoms with van der Waals surface area (Å²) >= 11 is 0. The second-order valence-corrected chi connectivity index (χ2v) is 11.1. The number of rotatable bonds is 2. The van der Waals surface area contributed by atoms with Crippen LogP contribution in [0, 0.1) is 17.4 Å². The van der Waals surface area contributed by atoms with Gasteiger partial charge in [0.2, 0.25) is 5.91 Å². The van der Waals surface area contributed by atoms with Gasteiger partial charge in [-0.25, -0.2) is 0 Å². The van der Waals surface area contributed by atoms with Gasteiger partial charge in [-0.15, -0.1) is 5.54 Å². The van der Waals surface area contributed by atoms with E-state index in [1.807, 2.05) is 37.3 Å². The van der Waals surface area contributed by atoms with Gasteiger partial charge in [0.1, 0.15) is 14.1 Å². The van der Waals surface area contributed by atoms with Gasteiger partial charge in [0, 0.05) is 5.69 Å². The number of benzene rings is 1. The molecule has 1 aromatic carbocycles. The first-order valence-electron chi connectivity index (χ1n) is 6.87. The third kappa shape index (κ3) is 2.86. The van der Waals surface area contributed by atoms with E-state index in [4.69, 9.17) is 0 Å². The first-order valence-corrected chi connectivity index (χ1v) is 10.4. The molecule has 0 spiro atoms. The Balaban J connectivity index is 2.34. The molecular weight excluding hydrogens is 262 g/mol. The second-order valence-electron chi connectivity index (χ2n) is 6.33. The van der Waals surface area contributed by atoms with Crippen molar-refractivity contribution in [2.24, 2.45) is 5.92 Å². The number of para-hydroxylation sites is 1. The molecule has 1 saturated heterocycles. The monoisotopic (exact) mass is 283 g/mol. The van der Waals surface area contributed by atoms with Crippen molar-refractivity contribution in [1.29, 1.82) is 0 Å². The Morgan fingerprint density at radius 2 is 1.85 bits per heavy atom. The number of carbonyl (C=O) groups excluding carboxylic acids is 1. The quantitative estimate of drug-likeness (QED) is 0.352. The maximum absolute atomic E-state index is 12.3. The number of nitrogens with zero attached hydrogens (tertiary/aromatic N) is 1. The van der Waals surface area contributed by atoms with E-state index in [1.54, 1.807) is 4.90 Å². The summed E-state index contributed by atoms with van der Waals surface area (Å²) < 4.78 is 0. The lowest BCUT2D eigenvalue weighted by Gasteiger charge is -2.45. The molecule has 0 aliphatic carbocycles. The van der Waals surface area contributed by atoms with E-state index >= 15 is 0 Å². The Kier molecular flexibility index (Phi) is 3.87. The SMILES string of the molecule is C=C(C)C1C(=O)N(c2ccccc2)C1C#C[Si](C)(C)C. The Labute approximate surface area is 122 Å². The standard InChI is InChI=1S/C17H21NOSi/c1-13(2)16-15(11-12-20(3,4)5)18(17(16)19)14-9-7-6-8-10-14/h6-10,15-16H,1H2,2-5H3. The fraction of sp³-hybridized carbons (Fsp3) is 0.353. The van der Waals surface area contributed by atoms with E-state index < -0.39 is 8.07 Å². The van der Waals surface area contributed by atoms with Crippen LogP contribution in [-0.4, -0.2) is 20.0 Å². The van der Waals surface area contributed by atoms with Crippen LogP contribution in [0.3, 0.4) is 0 Å². The first kappa shape index (κ1) is 14.6. The molecule has 0 aromatic heterocycles. The molecule has 0 radical (unpaired) electrons. The predicted octanol–water partition coefficient (Wildman–Crippen LogP) is 3.47. The molecule has 1 fully saturated rings. The van der Waals surface area contributed by atoms with Gasteiger partial charge in [-0.3, -0.25) is 9.69 Å². The van der Waals surface area contributed by atoms with Crippen LogP contribution >= 0.6 is 0 Å². The van der Waals surface area contributed by atoms with Crippen LogP contribution in [-0.2, 0) is 4.79 Å². The van der Waals surface area contributed by atoms with E-state index in [0.29, 0.717) is 0 Å². The van der Waals surface area contributed by atoms with Gasteiger partial charge >= 0.3 is 0 Å². The lowest BCUT2D eigenvalue weighted by molar-refractivity contribution is -0.127. The summed E-state index contributed by atoms with van der Waals surface area (Å²) in [7, 11) is -1.45. The molecule has 3 heteroatoms. The van der Waals surface area contributed by atoms with Gasteiger partial charge in [-0.1, -0.05) is 55.9 Å². The molecule has 20 heavy (non-hydrogen) atoms. The Hall–Kier alpha value is -1.79. The lowest BCUT2D eigenvalue weighted by atomic mass is 9.82. The molecule has 1 aliphatic heterocycles. The molecule has 2 unspecified atom stereocenters. The molecule has 0 bridgehead atoms. The Morgan fingerprint density at radius 1 is 1.25 bits per heavy atom. The predicted molar refractivity (Wildman–Crippen MR) is 87.1 cm³/mol. The van der Waals surface area contributed by atoms with Crippen LogP contribution in [0.5, 0.6) is 0 Å². The van der Waals surface area contributed by atoms with Gasteiger partial charge in [0.15, 0.2) is 0 Å². The smallest absolute Gasteiger partial charge is 0.238 e. The van der Waals surface area contributed by atoms with Crippen molar-refractivity contribution in [3.8, 4) is 11.5 Å². The molecule has 1 amide bonds. The average molecular weight is 283 g/mol. The molecule has 104 valence electrons. The van der Waals surface area contributed by atoms with Gasteiger partial charge in [-0.05, 0) is 19.1 Å². The zero-order valence-electron chi connectivity index (χ0n) is 12.6. The summed E-state index contributed by atoms with van der Waals surface area (Å²) in [4.78, 5) is 14.1. The van der Waals surface area contributed by atoms with Gasteiger partial charge in [0.05, 0.1) is 5.92 Å². The third-order valence-corrected chi connectivity index (χ3v) is 4.15. The molecule has 1 aliphatic rings. The van der Waals surface area contributed by atoms with Gasteiger partial charge in [0.25, 0.3) is 0 Å². The van der Waals surface area contributed by atoms with Crippen molar-refractivity contribution in [3.63, 3.8) is 0 Å². The highest BCUT2D eigenvalue weighted by atomic mass is 28.3. The molecule has 0 N–H and O–H groups in total. The highest BCUT2D eigenvalue weighted by Gasteiger charge is 2.47. The number of hydrogen-bond donors (Lipinski definition) is 0. The van der Waals surface area contributed by atoms with E-state index in [1.165, 1.54) is 0 Å². The third-order valence-electron chi connectivity index (χ3n) is 3.26. The van der Waals surface area contributed by atoms with Crippen LogP contribution in [0.1, 0.15) is 6.92 Å². The lowest BCUT2D eigenvalue weighted by Crippen LogP contribution is -2.61. The summed E-state index contributed by atoms with van der Waals surface area (Å²) in [6, 6.07) is 9.69. The molecule has 1 aromatic rings. The summed E-state index contributed by atoms with van der Waals surface area (Å²) in [5.41, 5.74) is 5.20. The minimum absolute atomic E-state index is 0.0610. The van der Waals surface area contributed by atoms with Crippen LogP contribution in [0.4, 0.5) is 5.69 Å². The molecular formula is C17H21NOSi. The average Bonchev–Trinajstić information content (AvgIpc) is 2.33. The minimum atomic E-state index is -1.45. The first-order chi connectivity index (χ1) is 9.31. The summed E-state index contributed by atoms with van der Waals surface area (Å²) in [6.45, 7) is 12.5. The van der Waals surface area contributed by atoms with Crippen LogP contribution in [0.15, 0.2) is 42.5 Å². The van der Waals surface area contributed by atoms with Crippen LogP contribution in [0.25, 0.3) is 0 Å². The van der Waals surface area contributed by atoms with Crippen molar-refractivity contribution in [1.82, 2.24) is 0 Å². The van der Waals surface area contributed by atoms with Crippen molar-refractivity contribution < 1.29 is 4.79 Å². The fourth-order valence-corrected chi connectivity index (χ4v) is 2.86. The second kappa shape index (κ2) is 5.30. The fourth-order valence-electron chi connectivity index (χ4n) is 2.28. The largest absolute Gasteiger partial charge is 0.296 e. The Bertz CT molecular complexity index is 589. The topological polar surface area (TPSA) is 20.3 Å². The number of amides is 1. The van der Waals surface area contributed by atoms with Crippen LogP contribution in [0.2, 0.25) is 19.6 Å². The van der Waals surface area contributed by atoms with Crippen molar-refractivity contribution in [3.05, 3.63) is 42.5 Å². The molecule has 2 nitrogen and oxygen atoms in total. The molecule has 0 saturated carbocycles. The number of anilines is 1. The summed E-state index contributed by atoms with van der Waals surface area (Å²) in [6.07, 6.45) is 0. The van der Waals surface area contributed by atoms with Crippen molar-refractivity contribution in [2.75, 3.05) is 4.90 Å². The minimum Gasteiger partial charge on any atom is -0.296 e. The van der Waals surface area contributed by atoms with Gasteiger partial charge < -0.3 is 0 Å². The van der Waals surface area contributed by atoms with E-state index in [0.717, 1.165) is 11.3 Å². The zero-order valence-corrected chi connectivity index (χ0v) is 13.6.